The van der Waals surface area contributed by atoms with Crippen molar-refractivity contribution in [1.29, 1.82) is 0 Å². The lowest BCUT2D eigenvalue weighted by Crippen LogP contribution is -2.46. The number of halogens is 6. The van der Waals surface area contributed by atoms with Gasteiger partial charge in [0.15, 0.2) is 15.9 Å². The van der Waals surface area contributed by atoms with Crippen LogP contribution in [0.2, 0.25) is 0 Å². The standard InChI is InChI=1S/C11H4Cl6O2/c12-7-8(13)10(15)6-4(19)2-1-3(18)5(6)9(7,14)11(10,16)17/h1-2,5-6H/t5-,6+,9?,10?. The molecule has 8 heteroatoms. The third kappa shape index (κ3) is 1.26. The molecule has 0 radical (unpaired) electrons. The van der Waals surface area contributed by atoms with Crippen LogP contribution >= 0.6 is 69.6 Å². The SMILES string of the molecule is O=C1C=CC(=O)[C@H]2[C@@H]1C1(Cl)C(Cl)=C(Cl)C2(Cl)C1(Cl)Cl. The lowest BCUT2D eigenvalue weighted by Gasteiger charge is -2.35. The molecule has 102 valence electrons. The largest absolute Gasteiger partial charge is 0.294 e. The van der Waals surface area contributed by atoms with E-state index in [4.69, 9.17) is 69.6 Å². The van der Waals surface area contributed by atoms with Crippen molar-refractivity contribution in [3.05, 3.63) is 22.2 Å². The van der Waals surface area contributed by atoms with Gasteiger partial charge in [-0.05, 0) is 12.2 Å². The zero-order valence-electron chi connectivity index (χ0n) is 8.89. The molecule has 3 aliphatic carbocycles. The van der Waals surface area contributed by atoms with Crippen molar-refractivity contribution in [2.45, 2.75) is 14.1 Å². The summed E-state index contributed by atoms with van der Waals surface area (Å²) in [4.78, 5) is 20.8. The second kappa shape index (κ2) is 3.85. The Kier molecular flexibility index (Phi) is 2.94. The minimum absolute atomic E-state index is 0.0754. The fraction of sp³-hybridized carbons (Fsp3) is 0.455. The summed E-state index contributed by atoms with van der Waals surface area (Å²) in [7, 11) is 0. The van der Waals surface area contributed by atoms with E-state index in [1.165, 1.54) is 0 Å². The molecule has 1 saturated carbocycles. The topological polar surface area (TPSA) is 34.1 Å². The van der Waals surface area contributed by atoms with Crippen LogP contribution in [0.15, 0.2) is 22.2 Å². The average molecular weight is 381 g/mol. The van der Waals surface area contributed by atoms with Gasteiger partial charge >= 0.3 is 0 Å². The van der Waals surface area contributed by atoms with Gasteiger partial charge in [0.1, 0.15) is 9.75 Å². The molecule has 0 amide bonds. The Bertz CT molecular complexity index is 546. The van der Waals surface area contributed by atoms with Crippen molar-refractivity contribution in [3.8, 4) is 0 Å². The molecule has 0 aromatic rings. The Hall–Kier alpha value is 0.560. The fourth-order valence-electron chi connectivity index (χ4n) is 3.07. The van der Waals surface area contributed by atoms with Crippen LogP contribution in [0.5, 0.6) is 0 Å². The van der Waals surface area contributed by atoms with Gasteiger partial charge in [-0.15, -0.1) is 23.2 Å². The molecule has 2 bridgehead atoms. The molecule has 0 aromatic carbocycles. The van der Waals surface area contributed by atoms with Gasteiger partial charge in [-0.1, -0.05) is 46.4 Å². The number of carbonyl (C=O) groups is 2. The van der Waals surface area contributed by atoms with E-state index in [1.54, 1.807) is 0 Å². The number of allylic oxidation sites excluding steroid dienone is 4. The van der Waals surface area contributed by atoms with Crippen molar-refractivity contribution in [2.24, 2.45) is 11.8 Å². The number of fused-ring (bicyclic) bond motifs is 5. The van der Waals surface area contributed by atoms with E-state index in [9.17, 15) is 9.59 Å². The fourth-order valence-corrected chi connectivity index (χ4v) is 6.03. The van der Waals surface area contributed by atoms with Gasteiger partial charge in [0.05, 0.1) is 21.9 Å². The second-order valence-corrected chi connectivity index (χ2v) is 7.99. The highest BCUT2D eigenvalue weighted by Crippen LogP contribution is 2.76. The summed E-state index contributed by atoms with van der Waals surface area (Å²) in [5.74, 6) is -2.83. The zero-order valence-corrected chi connectivity index (χ0v) is 13.4. The second-order valence-electron chi connectivity index (χ2n) is 4.72. The third-order valence-electron chi connectivity index (χ3n) is 3.96. The smallest absolute Gasteiger partial charge is 0.167 e. The molecule has 1 fully saturated rings. The highest BCUT2D eigenvalue weighted by atomic mass is 35.5. The third-order valence-corrected chi connectivity index (χ3v) is 8.22. The van der Waals surface area contributed by atoms with Gasteiger partial charge < -0.3 is 0 Å². The Labute approximate surface area is 138 Å². The Morgan fingerprint density at radius 2 is 1.11 bits per heavy atom. The van der Waals surface area contributed by atoms with Crippen LogP contribution in [0.3, 0.4) is 0 Å². The van der Waals surface area contributed by atoms with Gasteiger partial charge in [-0.25, -0.2) is 0 Å². The van der Waals surface area contributed by atoms with Crippen LogP contribution in [0.25, 0.3) is 0 Å². The Balaban J connectivity index is 2.38. The molecule has 3 aliphatic rings. The molecule has 0 spiro atoms. The van der Waals surface area contributed by atoms with E-state index in [-0.39, 0.29) is 10.1 Å². The van der Waals surface area contributed by atoms with Crippen molar-refractivity contribution in [2.75, 3.05) is 0 Å². The molecular weight excluding hydrogens is 377 g/mol. The Morgan fingerprint density at radius 1 is 0.789 bits per heavy atom. The molecule has 3 rings (SSSR count). The lowest BCUT2D eigenvalue weighted by atomic mass is 9.74. The number of rotatable bonds is 0. The predicted octanol–water partition coefficient (Wildman–Crippen LogP) is 3.77. The predicted molar refractivity (Wildman–Crippen MR) is 76.5 cm³/mol. The quantitative estimate of drug-likeness (QED) is 0.599. The van der Waals surface area contributed by atoms with Crippen LogP contribution in [0.4, 0.5) is 0 Å². The molecule has 0 N–H and O–H groups in total. The minimum Gasteiger partial charge on any atom is -0.294 e. The lowest BCUT2D eigenvalue weighted by molar-refractivity contribution is -0.128. The summed E-state index contributed by atoms with van der Waals surface area (Å²) < 4.78 is -1.86. The minimum atomic E-state index is -1.86. The normalized spacial score (nSPS) is 47.1. The van der Waals surface area contributed by atoms with Gasteiger partial charge in [0, 0.05) is 0 Å². The van der Waals surface area contributed by atoms with E-state index < -0.39 is 37.5 Å². The molecule has 2 nitrogen and oxygen atoms in total. The summed E-state index contributed by atoms with van der Waals surface area (Å²) in [6, 6.07) is 0. The number of hydrogen-bond donors (Lipinski definition) is 0. The van der Waals surface area contributed by atoms with E-state index >= 15 is 0 Å². The van der Waals surface area contributed by atoms with Crippen molar-refractivity contribution >= 4 is 81.2 Å². The van der Waals surface area contributed by atoms with Crippen LogP contribution < -0.4 is 0 Å². The highest BCUT2D eigenvalue weighted by Gasteiger charge is 2.84. The van der Waals surface area contributed by atoms with Crippen molar-refractivity contribution in [1.82, 2.24) is 0 Å². The van der Waals surface area contributed by atoms with E-state index in [1.807, 2.05) is 0 Å². The molecule has 0 aromatic heterocycles. The summed E-state index contributed by atoms with van der Waals surface area (Å²) in [6.07, 6.45) is 2.27. The molecule has 0 saturated heterocycles. The first-order valence-electron chi connectivity index (χ1n) is 5.19. The number of hydrogen-bond acceptors (Lipinski definition) is 2. The first-order valence-corrected chi connectivity index (χ1v) is 7.46. The van der Waals surface area contributed by atoms with Gasteiger partial charge in [-0.2, -0.15) is 0 Å². The summed E-state index contributed by atoms with van der Waals surface area (Å²) in [5, 5.41) is -0.151. The van der Waals surface area contributed by atoms with E-state index in [0.29, 0.717) is 0 Å². The van der Waals surface area contributed by atoms with Crippen molar-refractivity contribution < 1.29 is 9.59 Å². The zero-order chi connectivity index (χ0) is 14.4. The van der Waals surface area contributed by atoms with E-state index in [2.05, 4.69) is 0 Å². The maximum Gasteiger partial charge on any atom is 0.167 e. The van der Waals surface area contributed by atoms with Crippen LogP contribution in [-0.4, -0.2) is 25.6 Å². The molecule has 0 heterocycles. The molecule has 2 unspecified atom stereocenters. The summed E-state index contributed by atoms with van der Waals surface area (Å²) in [6.45, 7) is 0. The Morgan fingerprint density at radius 3 is 1.42 bits per heavy atom. The maximum absolute atomic E-state index is 12.1. The highest BCUT2D eigenvalue weighted by molar-refractivity contribution is 6.66. The van der Waals surface area contributed by atoms with Crippen LogP contribution in [0, 0.1) is 11.8 Å². The van der Waals surface area contributed by atoms with Gasteiger partial charge in [0.2, 0.25) is 0 Å². The van der Waals surface area contributed by atoms with Crippen molar-refractivity contribution in [3.63, 3.8) is 0 Å². The monoisotopic (exact) mass is 378 g/mol. The van der Waals surface area contributed by atoms with Crippen LogP contribution in [0.1, 0.15) is 0 Å². The maximum atomic E-state index is 12.1. The average Bonchev–Trinajstić information content (AvgIpc) is 2.55. The van der Waals surface area contributed by atoms with Crippen LogP contribution in [-0.2, 0) is 9.59 Å². The van der Waals surface area contributed by atoms with Gasteiger partial charge in [-0.3, -0.25) is 9.59 Å². The summed E-state index contributed by atoms with van der Waals surface area (Å²) in [5.41, 5.74) is 0. The van der Waals surface area contributed by atoms with Gasteiger partial charge in [0.25, 0.3) is 0 Å². The molecule has 19 heavy (non-hydrogen) atoms. The molecule has 4 atom stereocenters. The molecule has 0 aliphatic heterocycles. The van der Waals surface area contributed by atoms with E-state index in [0.717, 1.165) is 12.2 Å². The number of carbonyl (C=O) groups excluding carboxylic acids is 2. The molecular formula is C11H4Cl6O2. The summed E-state index contributed by atoms with van der Waals surface area (Å²) >= 11 is 37.6. The number of alkyl halides is 4. The first kappa shape index (κ1) is 14.5. The number of ketones is 2. The first-order chi connectivity index (χ1) is 8.61.